The van der Waals surface area contributed by atoms with Crippen LogP contribution in [0.5, 0.6) is 11.5 Å². The van der Waals surface area contributed by atoms with Crippen LogP contribution in [0.4, 0.5) is 0 Å². The van der Waals surface area contributed by atoms with Gasteiger partial charge in [0.15, 0.2) is 8.32 Å². The van der Waals surface area contributed by atoms with Gasteiger partial charge in [-0.15, -0.1) is 0 Å². The van der Waals surface area contributed by atoms with Crippen molar-refractivity contribution in [2.75, 3.05) is 27.4 Å². The smallest absolute Gasteiger partial charge is 0.192 e. The van der Waals surface area contributed by atoms with Gasteiger partial charge in [0.05, 0.1) is 39.6 Å². The molecule has 0 saturated carbocycles. The molecule has 31 heavy (non-hydrogen) atoms. The summed E-state index contributed by atoms with van der Waals surface area (Å²) in [6.45, 7) is 15.9. The van der Waals surface area contributed by atoms with Crippen LogP contribution in [-0.2, 0) is 15.8 Å². The van der Waals surface area contributed by atoms with Crippen LogP contribution in [0, 0.1) is 11.8 Å². The van der Waals surface area contributed by atoms with Crippen LogP contribution in [0.2, 0.25) is 18.1 Å². The minimum atomic E-state index is -2.04. The lowest BCUT2D eigenvalue weighted by Gasteiger charge is -2.43. The average molecular weight is 457 g/mol. The second kappa shape index (κ2) is 12.2. The molecular formula is C24H44O6Si. The predicted octanol–water partition coefficient (Wildman–Crippen LogP) is 4.63. The van der Waals surface area contributed by atoms with Crippen LogP contribution in [0.25, 0.3) is 0 Å². The van der Waals surface area contributed by atoms with Gasteiger partial charge in [0.2, 0.25) is 0 Å². The highest BCUT2D eigenvalue weighted by atomic mass is 28.4. The normalized spacial score (nSPS) is 16.5. The molecule has 1 aromatic carbocycles. The highest BCUT2D eigenvalue weighted by Crippen LogP contribution is 2.40. The Morgan fingerprint density at radius 1 is 1.06 bits per heavy atom. The third-order valence-corrected chi connectivity index (χ3v) is 11.1. The summed E-state index contributed by atoms with van der Waals surface area (Å²) in [6, 6.07) is 5.69. The molecule has 0 unspecified atom stereocenters. The second-order valence-corrected chi connectivity index (χ2v) is 14.7. The van der Waals surface area contributed by atoms with Gasteiger partial charge in [-0.1, -0.05) is 34.6 Å². The highest BCUT2D eigenvalue weighted by molar-refractivity contribution is 6.74. The van der Waals surface area contributed by atoms with Gasteiger partial charge >= 0.3 is 0 Å². The van der Waals surface area contributed by atoms with Crippen molar-refractivity contribution in [1.29, 1.82) is 0 Å². The summed E-state index contributed by atoms with van der Waals surface area (Å²) >= 11 is 0. The molecule has 0 amide bonds. The predicted molar refractivity (Wildman–Crippen MR) is 127 cm³/mol. The van der Waals surface area contributed by atoms with Crippen molar-refractivity contribution >= 4 is 8.32 Å². The van der Waals surface area contributed by atoms with Crippen LogP contribution in [0.1, 0.15) is 46.6 Å². The maximum Gasteiger partial charge on any atom is 0.192 e. The van der Waals surface area contributed by atoms with Crippen molar-refractivity contribution in [1.82, 2.24) is 0 Å². The molecule has 7 heteroatoms. The van der Waals surface area contributed by atoms with E-state index in [0.717, 1.165) is 23.5 Å². The lowest BCUT2D eigenvalue weighted by atomic mass is 9.88. The van der Waals surface area contributed by atoms with E-state index in [2.05, 4.69) is 40.8 Å². The molecule has 6 nitrogen and oxygen atoms in total. The van der Waals surface area contributed by atoms with Crippen LogP contribution in [0.15, 0.2) is 18.2 Å². The molecule has 0 aliphatic heterocycles. The van der Waals surface area contributed by atoms with Crippen LogP contribution >= 0.6 is 0 Å². The Labute approximate surface area is 190 Å². The van der Waals surface area contributed by atoms with Crippen molar-refractivity contribution in [3.63, 3.8) is 0 Å². The lowest BCUT2D eigenvalue weighted by molar-refractivity contribution is -0.0289. The number of aliphatic hydroxyl groups excluding tert-OH is 2. The fourth-order valence-electron chi connectivity index (χ4n) is 3.23. The number of hydrogen-bond acceptors (Lipinski definition) is 6. The Kier molecular flexibility index (Phi) is 11.0. The minimum Gasteiger partial charge on any atom is -0.497 e. The Hall–Kier alpha value is -1.12. The Balaban J connectivity index is 2.77. The molecule has 0 aromatic heterocycles. The van der Waals surface area contributed by atoms with Gasteiger partial charge < -0.3 is 28.8 Å². The van der Waals surface area contributed by atoms with Gasteiger partial charge in [-0.3, -0.25) is 0 Å². The van der Waals surface area contributed by atoms with E-state index < -0.39 is 14.4 Å². The topological polar surface area (TPSA) is 77.4 Å². The van der Waals surface area contributed by atoms with Crippen molar-refractivity contribution < 1.29 is 28.8 Å². The molecule has 0 fully saturated rings. The van der Waals surface area contributed by atoms with E-state index in [1.54, 1.807) is 14.2 Å². The molecule has 4 atom stereocenters. The number of aliphatic hydroxyl groups is 2. The maximum absolute atomic E-state index is 10.3. The Morgan fingerprint density at radius 2 is 1.71 bits per heavy atom. The quantitative estimate of drug-likeness (QED) is 0.333. The Bertz CT molecular complexity index is 658. The number of ether oxygens (including phenoxy) is 3. The van der Waals surface area contributed by atoms with Crippen LogP contribution < -0.4 is 9.47 Å². The second-order valence-electron chi connectivity index (χ2n) is 9.95. The van der Waals surface area contributed by atoms with E-state index in [4.69, 9.17) is 18.6 Å². The first-order valence-electron chi connectivity index (χ1n) is 11.1. The number of rotatable bonds is 13. The first kappa shape index (κ1) is 27.9. The fourth-order valence-corrected chi connectivity index (χ4v) is 4.71. The van der Waals surface area contributed by atoms with Gasteiger partial charge in [-0.2, -0.15) is 0 Å². The zero-order chi connectivity index (χ0) is 23.8. The minimum absolute atomic E-state index is 0.0658. The molecule has 0 radical (unpaired) electrons. The monoisotopic (exact) mass is 456 g/mol. The van der Waals surface area contributed by atoms with E-state index in [1.807, 2.05) is 25.1 Å². The van der Waals surface area contributed by atoms with Gasteiger partial charge in [0.25, 0.3) is 0 Å². The van der Waals surface area contributed by atoms with E-state index in [0.29, 0.717) is 13.2 Å². The van der Waals surface area contributed by atoms with Crippen LogP contribution in [0.3, 0.4) is 0 Å². The highest BCUT2D eigenvalue weighted by Gasteiger charge is 2.42. The molecule has 1 rings (SSSR count). The third-order valence-electron chi connectivity index (χ3n) is 6.58. The number of methoxy groups -OCH3 is 2. The molecular weight excluding hydrogens is 412 g/mol. The zero-order valence-corrected chi connectivity index (χ0v) is 21.9. The SMILES string of the molecule is COc1ccc(COCC[C@@H](C)[C@@H](O[Si](C)(C)C(C)(C)C)[C@H](C)[C@@H](O)CO)c(OC)c1. The standard InChI is InChI=1S/C24H44O6Si/c1-17(12-13-29-16-19-10-11-20(27-6)14-22(19)28-7)23(18(2)21(26)15-25)30-31(8,9)24(3,4)5/h10-11,14,17-18,21,23,25-26H,12-13,15-16H2,1-9H3/t17-,18-,21+,23-/m1/s1. The molecule has 1 aromatic rings. The summed E-state index contributed by atoms with van der Waals surface area (Å²) in [5, 5.41) is 19.8. The summed E-state index contributed by atoms with van der Waals surface area (Å²) in [4.78, 5) is 0. The molecule has 0 saturated heterocycles. The van der Waals surface area contributed by atoms with E-state index in [-0.39, 0.29) is 29.6 Å². The van der Waals surface area contributed by atoms with Crippen molar-refractivity contribution in [2.24, 2.45) is 11.8 Å². The molecule has 0 aliphatic rings. The largest absolute Gasteiger partial charge is 0.497 e. The molecule has 180 valence electrons. The summed E-state index contributed by atoms with van der Waals surface area (Å²) in [5.74, 6) is 1.49. The van der Waals surface area contributed by atoms with Gasteiger partial charge in [-0.05, 0) is 42.6 Å². The van der Waals surface area contributed by atoms with Crippen molar-refractivity contribution in [3.05, 3.63) is 23.8 Å². The van der Waals surface area contributed by atoms with E-state index >= 15 is 0 Å². The van der Waals surface area contributed by atoms with Crippen molar-refractivity contribution in [2.45, 2.75) is 78.0 Å². The summed E-state index contributed by atoms with van der Waals surface area (Å²) in [6.07, 6.45) is -0.163. The van der Waals surface area contributed by atoms with Gasteiger partial charge in [0.1, 0.15) is 11.5 Å². The molecule has 0 spiro atoms. The average Bonchev–Trinajstić information content (AvgIpc) is 2.72. The van der Waals surface area contributed by atoms with Gasteiger partial charge in [-0.25, -0.2) is 0 Å². The molecule has 2 N–H and O–H groups in total. The lowest BCUT2D eigenvalue weighted by Crippen LogP contribution is -2.49. The molecule has 0 aliphatic carbocycles. The molecule has 0 bridgehead atoms. The molecule has 0 heterocycles. The van der Waals surface area contributed by atoms with Gasteiger partial charge in [0, 0.05) is 24.2 Å². The van der Waals surface area contributed by atoms with E-state index in [1.165, 1.54) is 0 Å². The number of benzene rings is 1. The maximum atomic E-state index is 10.3. The van der Waals surface area contributed by atoms with E-state index in [9.17, 15) is 10.2 Å². The zero-order valence-electron chi connectivity index (χ0n) is 20.9. The van der Waals surface area contributed by atoms with Crippen LogP contribution in [-0.4, -0.2) is 58.2 Å². The summed E-state index contributed by atoms with van der Waals surface area (Å²) in [5.41, 5.74) is 0.967. The third kappa shape index (κ3) is 8.06. The fraction of sp³-hybridized carbons (Fsp3) is 0.750. The summed E-state index contributed by atoms with van der Waals surface area (Å²) < 4.78 is 23.3. The first-order chi connectivity index (χ1) is 14.4. The number of hydrogen-bond donors (Lipinski definition) is 2. The Morgan fingerprint density at radius 3 is 2.23 bits per heavy atom. The summed E-state index contributed by atoms with van der Waals surface area (Å²) in [7, 11) is 1.23. The first-order valence-corrected chi connectivity index (χ1v) is 14.0. The van der Waals surface area contributed by atoms with Crippen molar-refractivity contribution in [3.8, 4) is 11.5 Å².